The summed E-state index contributed by atoms with van der Waals surface area (Å²) in [4.78, 5) is 19.9. The Labute approximate surface area is 116 Å². The molecule has 0 amide bonds. The first-order valence-electron chi connectivity index (χ1n) is 6.50. The predicted molar refractivity (Wildman–Crippen MR) is 77.1 cm³/mol. The van der Waals surface area contributed by atoms with E-state index in [1.165, 1.54) is 0 Å². The van der Waals surface area contributed by atoms with E-state index >= 15 is 0 Å². The molecule has 0 aliphatic heterocycles. The number of carbonyl (C=O) groups excluding carboxylic acids is 1. The maximum Gasteiger partial charge on any atom is 0.198 e. The molecular weight excluding hydrogens is 252 g/mol. The number of fused-ring (bicyclic) bond motifs is 1. The molecule has 0 unspecified atom stereocenters. The number of H-pyrrole nitrogens is 1. The van der Waals surface area contributed by atoms with Gasteiger partial charge in [-0.05, 0) is 31.2 Å². The predicted octanol–water partition coefficient (Wildman–Crippen LogP) is 3.19. The van der Waals surface area contributed by atoms with Crippen LogP contribution in [0.4, 0.5) is 0 Å². The lowest BCUT2D eigenvalue weighted by molar-refractivity contribution is 0.103. The van der Waals surface area contributed by atoms with Crippen molar-refractivity contribution in [3.63, 3.8) is 0 Å². The zero-order chi connectivity index (χ0) is 13.9. The Morgan fingerprint density at radius 2 is 2.05 bits per heavy atom. The molecule has 0 atom stereocenters. The number of para-hydroxylation sites is 1. The van der Waals surface area contributed by atoms with Crippen molar-refractivity contribution in [2.75, 3.05) is 6.61 Å². The molecule has 0 aliphatic carbocycles. The minimum atomic E-state index is -0.0618. The van der Waals surface area contributed by atoms with Crippen LogP contribution in [0.15, 0.2) is 48.8 Å². The van der Waals surface area contributed by atoms with Crippen LogP contribution in [0.25, 0.3) is 11.0 Å². The number of aromatic amines is 1. The van der Waals surface area contributed by atoms with Crippen molar-refractivity contribution in [3.05, 3.63) is 59.9 Å². The first-order valence-corrected chi connectivity index (χ1v) is 6.50. The van der Waals surface area contributed by atoms with Crippen LogP contribution in [0.1, 0.15) is 22.8 Å². The molecule has 0 spiro atoms. The summed E-state index contributed by atoms with van der Waals surface area (Å²) in [5.41, 5.74) is 1.89. The van der Waals surface area contributed by atoms with E-state index in [-0.39, 0.29) is 5.78 Å². The number of carbonyl (C=O) groups is 1. The second-order valence-corrected chi connectivity index (χ2v) is 4.36. The largest absolute Gasteiger partial charge is 0.493 e. The molecule has 0 radical (unpaired) electrons. The summed E-state index contributed by atoms with van der Waals surface area (Å²) in [7, 11) is 0. The Hall–Kier alpha value is -2.62. The smallest absolute Gasteiger partial charge is 0.198 e. The molecule has 0 saturated carbocycles. The molecule has 0 bridgehead atoms. The van der Waals surface area contributed by atoms with Gasteiger partial charge >= 0.3 is 0 Å². The van der Waals surface area contributed by atoms with E-state index < -0.39 is 0 Å². The number of nitrogens with zero attached hydrogens (tertiary/aromatic N) is 1. The van der Waals surface area contributed by atoms with Crippen LogP contribution in [-0.2, 0) is 0 Å². The number of nitrogens with one attached hydrogen (secondary N) is 1. The highest BCUT2D eigenvalue weighted by Crippen LogP contribution is 2.25. The molecule has 2 aromatic heterocycles. The fraction of sp³-hybridized carbons (Fsp3) is 0.125. The Balaban J connectivity index is 2.09. The van der Waals surface area contributed by atoms with Gasteiger partial charge in [0.2, 0.25) is 0 Å². The van der Waals surface area contributed by atoms with E-state index in [1.807, 2.05) is 37.3 Å². The van der Waals surface area contributed by atoms with E-state index in [0.29, 0.717) is 29.1 Å². The number of pyridine rings is 1. The molecule has 4 heteroatoms. The summed E-state index contributed by atoms with van der Waals surface area (Å²) in [6.07, 6.45) is 3.39. The first-order chi connectivity index (χ1) is 9.81. The van der Waals surface area contributed by atoms with Crippen LogP contribution in [0, 0.1) is 0 Å². The van der Waals surface area contributed by atoms with E-state index in [1.54, 1.807) is 18.5 Å². The summed E-state index contributed by atoms with van der Waals surface area (Å²) < 4.78 is 5.52. The van der Waals surface area contributed by atoms with Gasteiger partial charge in [-0.15, -0.1) is 0 Å². The van der Waals surface area contributed by atoms with Crippen LogP contribution >= 0.6 is 0 Å². The highest BCUT2D eigenvalue weighted by Gasteiger charge is 2.17. The fourth-order valence-electron chi connectivity index (χ4n) is 2.22. The van der Waals surface area contributed by atoms with Crippen molar-refractivity contribution in [3.8, 4) is 5.75 Å². The lowest BCUT2D eigenvalue weighted by Gasteiger charge is -2.08. The number of hydrogen-bond donors (Lipinski definition) is 1. The molecule has 0 saturated heterocycles. The highest BCUT2D eigenvalue weighted by molar-refractivity contribution is 6.17. The number of rotatable bonds is 4. The van der Waals surface area contributed by atoms with Gasteiger partial charge in [0.05, 0.1) is 12.2 Å². The molecule has 1 N–H and O–H groups in total. The van der Waals surface area contributed by atoms with Gasteiger partial charge < -0.3 is 9.72 Å². The van der Waals surface area contributed by atoms with Crippen LogP contribution in [0.2, 0.25) is 0 Å². The summed E-state index contributed by atoms with van der Waals surface area (Å²) in [6, 6.07) is 11.0. The Bertz CT molecular complexity index is 762. The molecule has 3 rings (SSSR count). The summed E-state index contributed by atoms with van der Waals surface area (Å²) in [5, 5.41) is 0.823. The highest BCUT2D eigenvalue weighted by atomic mass is 16.5. The average Bonchev–Trinajstić information content (AvgIpc) is 2.91. The normalized spacial score (nSPS) is 10.7. The summed E-state index contributed by atoms with van der Waals surface area (Å²) in [5.74, 6) is 0.548. The van der Waals surface area contributed by atoms with Crippen molar-refractivity contribution in [2.45, 2.75) is 6.92 Å². The van der Waals surface area contributed by atoms with Gasteiger partial charge in [-0.2, -0.15) is 0 Å². The van der Waals surface area contributed by atoms with Crippen LogP contribution in [0.3, 0.4) is 0 Å². The van der Waals surface area contributed by atoms with Crippen LogP contribution < -0.4 is 4.74 Å². The molecule has 2 heterocycles. The van der Waals surface area contributed by atoms with Gasteiger partial charge in [0.25, 0.3) is 0 Å². The van der Waals surface area contributed by atoms with Gasteiger partial charge in [0.1, 0.15) is 11.4 Å². The van der Waals surface area contributed by atoms with Crippen LogP contribution in [-0.4, -0.2) is 22.4 Å². The minimum absolute atomic E-state index is 0.0618. The molecule has 20 heavy (non-hydrogen) atoms. The fourth-order valence-corrected chi connectivity index (χ4v) is 2.22. The SMILES string of the molecule is CCOc1ccccc1C(=O)c1c[nH]c2ncccc12. The molecule has 4 nitrogen and oxygen atoms in total. The molecule has 1 aromatic carbocycles. The van der Waals surface area contributed by atoms with Crippen LogP contribution in [0.5, 0.6) is 5.75 Å². The van der Waals surface area contributed by atoms with Gasteiger partial charge in [-0.25, -0.2) is 4.98 Å². The minimum Gasteiger partial charge on any atom is -0.493 e. The van der Waals surface area contributed by atoms with Crippen molar-refractivity contribution in [2.24, 2.45) is 0 Å². The van der Waals surface area contributed by atoms with Crippen molar-refractivity contribution in [1.29, 1.82) is 0 Å². The maximum atomic E-state index is 12.7. The molecular formula is C16H14N2O2. The number of ether oxygens (including phenoxy) is 1. The summed E-state index contributed by atoms with van der Waals surface area (Å²) >= 11 is 0. The number of aromatic nitrogens is 2. The first kappa shape index (κ1) is 12.4. The lowest BCUT2D eigenvalue weighted by Crippen LogP contribution is -2.04. The zero-order valence-electron chi connectivity index (χ0n) is 11.1. The van der Waals surface area contributed by atoms with Gasteiger partial charge in [-0.1, -0.05) is 12.1 Å². The third kappa shape index (κ3) is 2.05. The second-order valence-electron chi connectivity index (χ2n) is 4.36. The average molecular weight is 266 g/mol. The quantitative estimate of drug-likeness (QED) is 0.738. The lowest BCUT2D eigenvalue weighted by atomic mass is 10.0. The topological polar surface area (TPSA) is 55.0 Å². The third-order valence-electron chi connectivity index (χ3n) is 3.13. The molecule has 100 valence electrons. The zero-order valence-corrected chi connectivity index (χ0v) is 11.1. The Morgan fingerprint density at radius 3 is 2.90 bits per heavy atom. The number of hydrogen-bond acceptors (Lipinski definition) is 3. The number of ketones is 1. The van der Waals surface area contributed by atoms with Gasteiger partial charge in [-0.3, -0.25) is 4.79 Å². The van der Waals surface area contributed by atoms with E-state index in [0.717, 1.165) is 5.39 Å². The molecule has 3 aromatic rings. The van der Waals surface area contributed by atoms with E-state index in [2.05, 4.69) is 9.97 Å². The van der Waals surface area contributed by atoms with E-state index in [9.17, 15) is 4.79 Å². The third-order valence-corrected chi connectivity index (χ3v) is 3.13. The Kier molecular flexibility index (Phi) is 3.21. The number of benzene rings is 1. The van der Waals surface area contributed by atoms with Crippen molar-refractivity contribution < 1.29 is 9.53 Å². The van der Waals surface area contributed by atoms with Gasteiger partial charge in [0, 0.05) is 23.3 Å². The molecule has 0 fully saturated rings. The Morgan fingerprint density at radius 1 is 1.20 bits per heavy atom. The standard InChI is InChI=1S/C16H14N2O2/c1-2-20-14-8-4-3-6-12(14)15(19)13-10-18-16-11(13)7-5-9-17-16/h3-10H,2H2,1H3,(H,17,18). The van der Waals surface area contributed by atoms with Gasteiger partial charge in [0.15, 0.2) is 5.78 Å². The van der Waals surface area contributed by atoms with E-state index in [4.69, 9.17) is 4.74 Å². The monoisotopic (exact) mass is 266 g/mol. The molecule has 0 aliphatic rings. The maximum absolute atomic E-state index is 12.7. The summed E-state index contributed by atoms with van der Waals surface area (Å²) in [6.45, 7) is 2.43. The van der Waals surface area contributed by atoms with Crippen molar-refractivity contribution >= 4 is 16.8 Å². The second kappa shape index (κ2) is 5.17. The van der Waals surface area contributed by atoms with Crippen molar-refractivity contribution in [1.82, 2.24) is 9.97 Å².